The Morgan fingerprint density at radius 2 is 1.32 bits per heavy atom. The minimum atomic E-state index is 0.637. The lowest BCUT2D eigenvalue weighted by molar-refractivity contribution is 0.598. The van der Waals surface area contributed by atoms with Gasteiger partial charge in [-0.25, -0.2) is 9.97 Å². The van der Waals surface area contributed by atoms with Crippen molar-refractivity contribution in [1.82, 2.24) is 9.97 Å². The molecule has 3 aromatic rings. The normalized spacial score (nSPS) is 12.1. The molecular weight excluding hydrogens is 304 g/mol. The summed E-state index contributed by atoms with van der Waals surface area (Å²) in [5, 5.41) is 0. The minimum Gasteiger partial charge on any atom is -0.237 e. The van der Waals surface area contributed by atoms with Crippen LogP contribution in [0.4, 0.5) is 0 Å². The second-order valence-corrected chi connectivity index (χ2v) is 6.67. The molecule has 0 saturated carbocycles. The second kappa shape index (κ2) is 8.57. The summed E-state index contributed by atoms with van der Waals surface area (Å²) >= 11 is 0. The Morgan fingerprint density at radius 3 is 1.92 bits per heavy atom. The zero-order valence-corrected chi connectivity index (χ0v) is 15.2. The maximum absolute atomic E-state index is 4.30. The third-order valence-electron chi connectivity index (χ3n) is 4.76. The molecule has 128 valence electrons. The minimum absolute atomic E-state index is 0.637. The van der Waals surface area contributed by atoms with Crippen LogP contribution in [0.5, 0.6) is 0 Å². The molecule has 0 amide bonds. The van der Waals surface area contributed by atoms with Gasteiger partial charge in [0.1, 0.15) is 0 Å². The van der Waals surface area contributed by atoms with E-state index in [1.807, 2.05) is 6.07 Å². The molecule has 0 fully saturated rings. The monoisotopic (exact) mass is 330 g/mol. The van der Waals surface area contributed by atoms with E-state index in [0.717, 1.165) is 11.4 Å². The molecule has 25 heavy (non-hydrogen) atoms. The van der Waals surface area contributed by atoms with Crippen LogP contribution in [0.3, 0.4) is 0 Å². The van der Waals surface area contributed by atoms with Crippen LogP contribution in [-0.2, 0) is 0 Å². The smallest absolute Gasteiger partial charge is 0.159 e. The SMILES string of the molecule is CCCCCC(C)c1ccc(-c2ccc(-c3ncccn3)cc2)cc1. The topological polar surface area (TPSA) is 25.8 Å². The molecular formula is C23H26N2. The predicted molar refractivity (Wildman–Crippen MR) is 105 cm³/mol. The van der Waals surface area contributed by atoms with E-state index in [2.05, 4.69) is 72.3 Å². The Hall–Kier alpha value is -2.48. The van der Waals surface area contributed by atoms with Crippen molar-refractivity contribution in [2.75, 3.05) is 0 Å². The van der Waals surface area contributed by atoms with E-state index < -0.39 is 0 Å². The van der Waals surface area contributed by atoms with Gasteiger partial charge in [-0.3, -0.25) is 0 Å². The maximum atomic E-state index is 4.30. The van der Waals surface area contributed by atoms with Crippen LogP contribution in [0.25, 0.3) is 22.5 Å². The Kier molecular flexibility index (Phi) is 5.95. The van der Waals surface area contributed by atoms with Crippen molar-refractivity contribution >= 4 is 0 Å². The van der Waals surface area contributed by atoms with Gasteiger partial charge in [0.2, 0.25) is 0 Å². The molecule has 0 aliphatic carbocycles. The van der Waals surface area contributed by atoms with Crippen molar-refractivity contribution in [1.29, 1.82) is 0 Å². The van der Waals surface area contributed by atoms with Crippen LogP contribution in [-0.4, -0.2) is 9.97 Å². The van der Waals surface area contributed by atoms with Crippen LogP contribution in [0.1, 0.15) is 51.0 Å². The summed E-state index contributed by atoms with van der Waals surface area (Å²) in [4.78, 5) is 8.60. The first-order valence-corrected chi connectivity index (χ1v) is 9.25. The van der Waals surface area contributed by atoms with Gasteiger partial charge in [-0.05, 0) is 35.1 Å². The predicted octanol–water partition coefficient (Wildman–Crippen LogP) is 6.49. The molecule has 1 aromatic heterocycles. The fourth-order valence-electron chi connectivity index (χ4n) is 3.13. The van der Waals surface area contributed by atoms with E-state index in [1.165, 1.54) is 42.4 Å². The van der Waals surface area contributed by atoms with Crippen LogP contribution in [0.15, 0.2) is 67.0 Å². The van der Waals surface area contributed by atoms with Gasteiger partial charge in [-0.2, -0.15) is 0 Å². The molecule has 0 spiro atoms. The van der Waals surface area contributed by atoms with Crippen molar-refractivity contribution in [2.24, 2.45) is 0 Å². The fraction of sp³-hybridized carbons (Fsp3) is 0.304. The van der Waals surface area contributed by atoms with Crippen LogP contribution in [0.2, 0.25) is 0 Å². The van der Waals surface area contributed by atoms with Gasteiger partial charge in [-0.15, -0.1) is 0 Å². The molecule has 0 aliphatic heterocycles. The molecule has 0 radical (unpaired) electrons. The maximum Gasteiger partial charge on any atom is 0.159 e. The Bertz CT molecular complexity index is 761. The summed E-state index contributed by atoms with van der Waals surface area (Å²) in [6.45, 7) is 4.59. The van der Waals surface area contributed by atoms with Gasteiger partial charge >= 0.3 is 0 Å². The van der Waals surface area contributed by atoms with Gasteiger partial charge in [-0.1, -0.05) is 81.6 Å². The number of unbranched alkanes of at least 4 members (excludes halogenated alkanes) is 2. The Morgan fingerprint density at radius 1 is 0.760 bits per heavy atom. The average Bonchev–Trinajstić information content (AvgIpc) is 2.69. The molecule has 1 unspecified atom stereocenters. The van der Waals surface area contributed by atoms with Crippen molar-refractivity contribution in [3.05, 3.63) is 72.6 Å². The van der Waals surface area contributed by atoms with Gasteiger partial charge in [0.05, 0.1) is 0 Å². The second-order valence-electron chi connectivity index (χ2n) is 6.67. The molecule has 0 saturated heterocycles. The van der Waals surface area contributed by atoms with Crippen LogP contribution in [0, 0.1) is 0 Å². The van der Waals surface area contributed by atoms with Crippen molar-refractivity contribution in [3.63, 3.8) is 0 Å². The van der Waals surface area contributed by atoms with Crippen molar-refractivity contribution in [3.8, 4) is 22.5 Å². The molecule has 2 aromatic carbocycles. The highest BCUT2D eigenvalue weighted by molar-refractivity contribution is 5.67. The first-order chi connectivity index (χ1) is 12.3. The highest BCUT2D eigenvalue weighted by atomic mass is 14.8. The first kappa shape index (κ1) is 17.3. The Balaban J connectivity index is 1.70. The Labute approximate surface area is 151 Å². The van der Waals surface area contributed by atoms with Crippen molar-refractivity contribution in [2.45, 2.75) is 45.4 Å². The summed E-state index contributed by atoms with van der Waals surface area (Å²) in [5.41, 5.74) is 4.97. The molecule has 2 nitrogen and oxygen atoms in total. The molecule has 1 atom stereocenters. The zero-order chi connectivity index (χ0) is 17.5. The van der Waals surface area contributed by atoms with E-state index in [4.69, 9.17) is 0 Å². The van der Waals surface area contributed by atoms with Gasteiger partial charge in [0.25, 0.3) is 0 Å². The summed E-state index contributed by atoms with van der Waals surface area (Å²) < 4.78 is 0. The highest BCUT2D eigenvalue weighted by Crippen LogP contribution is 2.27. The third kappa shape index (κ3) is 4.54. The van der Waals surface area contributed by atoms with Crippen molar-refractivity contribution < 1.29 is 0 Å². The van der Waals surface area contributed by atoms with Gasteiger partial charge in [0, 0.05) is 18.0 Å². The van der Waals surface area contributed by atoms with Crippen LogP contribution >= 0.6 is 0 Å². The van der Waals surface area contributed by atoms with E-state index in [0.29, 0.717) is 5.92 Å². The lowest BCUT2D eigenvalue weighted by atomic mass is 9.93. The largest absolute Gasteiger partial charge is 0.237 e. The number of hydrogen-bond acceptors (Lipinski definition) is 2. The molecule has 2 heteroatoms. The highest BCUT2D eigenvalue weighted by Gasteiger charge is 2.06. The molecule has 3 rings (SSSR count). The summed E-state index contributed by atoms with van der Waals surface area (Å²) in [5.74, 6) is 1.41. The van der Waals surface area contributed by atoms with E-state index in [1.54, 1.807) is 12.4 Å². The number of rotatable bonds is 7. The number of nitrogens with zero attached hydrogens (tertiary/aromatic N) is 2. The first-order valence-electron chi connectivity index (χ1n) is 9.25. The fourth-order valence-corrected chi connectivity index (χ4v) is 3.13. The van der Waals surface area contributed by atoms with E-state index in [9.17, 15) is 0 Å². The molecule has 0 aliphatic rings. The zero-order valence-electron chi connectivity index (χ0n) is 15.2. The number of aromatic nitrogens is 2. The van der Waals surface area contributed by atoms with E-state index >= 15 is 0 Å². The summed E-state index contributed by atoms with van der Waals surface area (Å²) in [7, 11) is 0. The lowest BCUT2D eigenvalue weighted by Crippen LogP contribution is -1.93. The quantitative estimate of drug-likeness (QED) is 0.462. The molecule has 0 N–H and O–H groups in total. The van der Waals surface area contributed by atoms with Crippen LogP contribution < -0.4 is 0 Å². The standard InChI is InChI=1S/C23H26N2/c1-3-4-5-7-18(2)19-8-10-20(11-9-19)21-12-14-22(15-13-21)23-24-16-6-17-25-23/h6,8-18H,3-5,7H2,1-2H3. The van der Waals surface area contributed by atoms with Gasteiger partial charge < -0.3 is 0 Å². The molecule has 0 bridgehead atoms. The average molecular weight is 330 g/mol. The van der Waals surface area contributed by atoms with Gasteiger partial charge in [0.15, 0.2) is 5.82 Å². The number of benzene rings is 2. The van der Waals surface area contributed by atoms with E-state index in [-0.39, 0.29) is 0 Å². The lowest BCUT2D eigenvalue weighted by Gasteiger charge is -2.12. The number of hydrogen-bond donors (Lipinski definition) is 0. The summed E-state index contributed by atoms with van der Waals surface area (Å²) in [6.07, 6.45) is 8.77. The summed E-state index contributed by atoms with van der Waals surface area (Å²) in [6, 6.07) is 19.3. The molecule has 1 heterocycles. The third-order valence-corrected chi connectivity index (χ3v) is 4.76.